The number of hydrogen-bond donors (Lipinski definition) is 3. The molecule has 1 heterocycles. The molecule has 0 radical (unpaired) electrons. The van der Waals surface area contributed by atoms with E-state index in [4.69, 9.17) is 0 Å². The Morgan fingerprint density at radius 3 is 2.50 bits per heavy atom. The molecule has 0 saturated heterocycles. The summed E-state index contributed by atoms with van der Waals surface area (Å²) in [6.07, 6.45) is 1.12. The van der Waals surface area contributed by atoms with Gasteiger partial charge in [0.1, 0.15) is 6.54 Å². The highest BCUT2D eigenvalue weighted by atomic mass is 16.5. The number of carbonyl (C=O) groups excluding carboxylic acids is 3. The van der Waals surface area contributed by atoms with Crippen LogP contribution in [0.3, 0.4) is 0 Å². The maximum atomic E-state index is 11.6. The van der Waals surface area contributed by atoms with Crippen molar-refractivity contribution in [1.82, 2.24) is 20.2 Å². The molecular formula is C16H16N4O6. The van der Waals surface area contributed by atoms with Crippen molar-refractivity contribution in [2.75, 3.05) is 6.61 Å². The number of benzene rings is 1. The Kier molecular flexibility index (Phi) is 6.43. The SMILES string of the molecule is O=C(COC(=O)Cn1ccc(=O)[nH]c1=O)NC(=O)NCc1ccccc1. The fourth-order valence-electron chi connectivity index (χ4n) is 1.88. The third kappa shape index (κ3) is 6.07. The van der Waals surface area contributed by atoms with Gasteiger partial charge in [-0.3, -0.25) is 29.3 Å². The summed E-state index contributed by atoms with van der Waals surface area (Å²) in [5.41, 5.74) is -0.521. The Balaban J connectivity index is 1.72. The number of ether oxygens (including phenoxy) is 1. The topological polar surface area (TPSA) is 139 Å². The van der Waals surface area contributed by atoms with E-state index in [-0.39, 0.29) is 6.54 Å². The molecule has 0 spiro atoms. The molecule has 3 N–H and O–H groups in total. The van der Waals surface area contributed by atoms with Crippen molar-refractivity contribution in [3.8, 4) is 0 Å². The van der Waals surface area contributed by atoms with Crippen molar-refractivity contribution in [1.29, 1.82) is 0 Å². The highest BCUT2D eigenvalue weighted by Crippen LogP contribution is 1.96. The van der Waals surface area contributed by atoms with Gasteiger partial charge < -0.3 is 10.1 Å². The maximum absolute atomic E-state index is 11.6. The van der Waals surface area contributed by atoms with Gasteiger partial charge in [0.2, 0.25) is 0 Å². The molecule has 10 heteroatoms. The van der Waals surface area contributed by atoms with Crippen LogP contribution in [0, 0.1) is 0 Å². The van der Waals surface area contributed by atoms with E-state index in [2.05, 4.69) is 10.1 Å². The van der Waals surface area contributed by atoms with Gasteiger partial charge in [0.05, 0.1) is 0 Å². The lowest BCUT2D eigenvalue weighted by atomic mass is 10.2. The van der Waals surface area contributed by atoms with Crippen LogP contribution in [0.1, 0.15) is 5.56 Å². The van der Waals surface area contributed by atoms with E-state index in [1.807, 2.05) is 40.6 Å². The summed E-state index contributed by atoms with van der Waals surface area (Å²) in [5, 5.41) is 4.49. The molecule has 0 saturated carbocycles. The largest absolute Gasteiger partial charge is 0.454 e. The van der Waals surface area contributed by atoms with Crippen LogP contribution in [0.15, 0.2) is 52.2 Å². The molecule has 3 amide bonds. The quantitative estimate of drug-likeness (QED) is 0.571. The molecule has 2 aromatic rings. The van der Waals surface area contributed by atoms with Gasteiger partial charge in [0.25, 0.3) is 11.5 Å². The van der Waals surface area contributed by atoms with Crippen LogP contribution in [-0.2, 0) is 27.4 Å². The number of nitrogens with one attached hydrogen (secondary N) is 3. The molecule has 0 bridgehead atoms. The number of hydrogen-bond acceptors (Lipinski definition) is 6. The van der Waals surface area contributed by atoms with Gasteiger partial charge >= 0.3 is 17.7 Å². The minimum absolute atomic E-state index is 0.231. The summed E-state index contributed by atoms with van der Waals surface area (Å²) in [6, 6.07) is 9.42. The van der Waals surface area contributed by atoms with E-state index >= 15 is 0 Å². The Bertz CT molecular complexity index is 903. The number of aromatic amines is 1. The minimum atomic E-state index is -0.876. The monoisotopic (exact) mass is 360 g/mol. The second-order valence-corrected chi connectivity index (χ2v) is 5.12. The Morgan fingerprint density at radius 2 is 1.81 bits per heavy atom. The van der Waals surface area contributed by atoms with E-state index in [0.29, 0.717) is 0 Å². The molecule has 1 aromatic carbocycles. The molecule has 0 fully saturated rings. The van der Waals surface area contributed by atoms with Crippen LogP contribution in [0.4, 0.5) is 4.79 Å². The molecule has 0 aliphatic rings. The Labute approximate surface area is 146 Å². The van der Waals surface area contributed by atoms with E-state index in [9.17, 15) is 24.0 Å². The molecule has 10 nitrogen and oxygen atoms in total. The highest BCUT2D eigenvalue weighted by Gasteiger charge is 2.12. The van der Waals surface area contributed by atoms with E-state index in [1.54, 1.807) is 0 Å². The average Bonchev–Trinajstić information content (AvgIpc) is 2.61. The summed E-state index contributed by atoms with van der Waals surface area (Å²) in [5.74, 6) is -1.70. The van der Waals surface area contributed by atoms with Crippen LogP contribution < -0.4 is 21.9 Å². The number of rotatable bonds is 6. The van der Waals surface area contributed by atoms with Crippen molar-refractivity contribution in [3.63, 3.8) is 0 Å². The van der Waals surface area contributed by atoms with E-state index in [1.165, 1.54) is 0 Å². The molecule has 0 unspecified atom stereocenters. The van der Waals surface area contributed by atoms with Gasteiger partial charge in [0, 0.05) is 18.8 Å². The molecule has 0 aliphatic carbocycles. The first kappa shape index (κ1) is 18.6. The van der Waals surface area contributed by atoms with Crippen LogP contribution >= 0.6 is 0 Å². The molecule has 136 valence electrons. The van der Waals surface area contributed by atoms with Crippen molar-refractivity contribution >= 4 is 17.9 Å². The predicted molar refractivity (Wildman–Crippen MR) is 89.1 cm³/mol. The number of nitrogens with zero attached hydrogens (tertiary/aromatic N) is 1. The van der Waals surface area contributed by atoms with E-state index < -0.39 is 42.3 Å². The van der Waals surface area contributed by atoms with Crippen LogP contribution in [0.5, 0.6) is 0 Å². The van der Waals surface area contributed by atoms with Gasteiger partial charge in [0.15, 0.2) is 6.61 Å². The van der Waals surface area contributed by atoms with Crippen molar-refractivity contribution < 1.29 is 19.1 Å². The normalized spacial score (nSPS) is 10.0. The molecule has 0 aliphatic heterocycles. The van der Waals surface area contributed by atoms with E-state index in [0.717, 1.165) is 22.4 Å². The van der Waals surface area contributed by atoms with Crippen LogP contribution in [-0.4, -0.2) is 34.1 Å². The number of urea groups is 1. The number of aromatic nitrogens is 2. The first-order valence-electron chi connectivity index (χ1n) is 7.51. The summed E-state index contributed by atoms with van der Waals surface area (Å²) in [4.78, 5) is 59.0. The first-order valence-corrected chi connectivity index (χ1v) is 7.51. The highest BCUT2D eigenvalue weighted by molar-refractivity contribution is 5.95. The van der Waals surface area contributed by atoms with Crippen molar-refractivity contribution in [3.05, 3.63) is 69.0 Å². The zero-order valence-electron chi connectivity index (χ0n) is 13.6. The number of amides is 3. The predicted octanol–water partition coefficient (Wildman–Crippen LogP) is -0.894. The average molecular weight is 360 g/mol. The second kappa shape index (κ2) is 8.97. The van der Waals surface area contributed by atoms with Crippen LogP contribution in [0.25, 0.3) is 0 Å². The second-order valence-electron chi connectivity index (χ2n) is 5.12. The standard InChI is InChI=1S/C16H16N4O6/c21-12-6-7-20(16(25)19-12)9-14(23)26-10-13(22)18-15(24)17-8-11-4-2-1-3-5-11/h1-7H,8-10H2,(H,19,21,25)(H2,17,18,22,24). The van der Waals surface area contributed by atoms with Crippen molar-refractivity contribution in [2.45, 2.75) is 13.1 Å². The minimum Gasteiger partial charge on any atom is -0.454 e. The lowest BCUT2D eigenvalue weighted by Gasteiger charge is -2.08. The summed E-state index contributed by atoms with van der Waals surface area (Å²) >= 11 is 0. The number of carbonyl (C=O) groups is 3. The van der Waals surface area contributed by atoms with Gasteiger partial charge in [-0.05, 0) is 5.56 Å². The van der Waals surface area contributed by atoms with Gasteiger partial charge in [-0.15, -0.1) is 0 Å². The summed E-state index contributed by atoms with van der Waals surface area (Å²) in [7, 11) is 0. The third-order valence-electron chi connectivity index (χ3n) is 3.11. The van der Waals surface area contributed by atoms with Gasteiger partial charge in [-0.25, -0.2) is 9.59 Å². The maximum Gasteiger partial charge on any atom is 0.328 e. The molecule has 0 atom stereocenters. The zero-order valence-corrected chi connectivity index (χ0v) is 13.6. The fourth-order valence-corrected chi connectivity index (χ4v) is 1.88. The smallest absolute Gasteiger partial charge is 0.328 e. The number of imide groups is 1. The molecule has 26 heavy (non-hydrogen) atoms. The molecular weight excluding hydrogens is 344 g/mol. The molecule has 2 rings (SSSR count). The fraction of sp³-hybridized carbons (Fsp3) is 0.188. The van der Waals surface area contributed by atoms with Gasteiger partial charge in [-0.2, -0.15) is 0 Å². The molecule has 1 aromatic heterocycles. The van der Waals surface area contributed by atoms with Gasteiger partial charge in [-0.1, -0.05) is 30.3 Å². The van der Waals surface area contributed by atoms with Crippen LogP contribution in [0.2, 0.25) is 0 Å². The number of esters is 1. The summed E-state index contributed by atoms with van der Waals surface area (Å²) < 4.78 is 5.58. The first-order chi connectivity index (χ1) is 12.4. The lowest BCUT2D eigenvalue weighted by Crippen LogP contribution is -2.41. The zero-order chi connectivity index (χ0) is 18.9. The Morgan fingerprint density at radius 1 is 1.08 bits per heavy atom. The Hall–Kier alpha value is -3.69. The summed E-state index contributed by atoms with van der Waals surface area (Å²) in [6.45, 7) is -0.937. The number of H-pyrrole nitrogens is 1. The third-order valence-corrected chi connectivity index (χ3v) is 3.11. The lowest BCUT2D eigenvalue weighted by molar-refractivity contribution is -0.148. The van der Waals surface area contributed by atoms with Crippen molar-refractivity contribution in [2.24, 2.45) is 0 Å².